The van der Waals surface area contributed by atoms with Crippen LogP contribution in [-0.4, -0.2) is 50.3 Å². The Kier molecular flexibility index (Phi) is 6.21. The summed E-state index contributed by atoms with van der Waals surface area (Å²) in [4.78, 5) is 32.8. The fourth-order valence-electron chi connectivity index (χ4n) is 3.54. The molecule has 9 heteroatoms. The molecule has 0 radical (unpaired) electrons. The number of fused-ring (bicyclic) bond motifs is 1. The molecule has 30 heavy (non-hydrogen) atoms. The molecule has 2 aromatic heterocycles. The van der Waals surface area contributed by atoms with Crippen molar-refractivity contribution in [1.29, 1.82) is 0 Å². The number of carbonyl (C=O) groups is 1. The van der Waals surface area contributed by atoms with Crippen LogP contribution in [0, 0.1) is 5.92 Å². The van der Waals surface area contributed by atoms with Crippen molar-refractivity contribution in [3.63, 3.8) is 0 Å². The number of aromatic nitrogens is 2. The lowest BCUT2D eigenvalue weighted by molar-refractivity contribution is -0.122. The molecule has 1 amide bonds. The molecule has 0 spiro atoms. The molecule has 7 nitrogen and oxygen atoms in total. The summed E-state index contributed by atoms with van der Waals surface area (Å²) in [6, 6.07) is 5.40. The minimum atomic E-state index is -0.232. The Labute approximate surface area is 184 Å². The number of hydrogen-bond donors (Lipinski definition) is 1. The van der Waals surface area contributed by atoms with Gasteiger partial charge in [0.05, 0.1) is 16.6 Å². The Morgan fingerprint density at radius 2 is 2.23 bits per heavy atom. The molecule has 0 aromatic carbocycles. The van der Waals surface area contributed by atoms with E-state index in [4.69, 9.17) is 17.0 Å². The van der Waals surface area contributed by atoms with E-state index in [1.165, 1.54) is 16.2 Å². The first-order chi connectivity index (χ1) is 14.4. The average Bonchev–Trinajstić information content (AvgIpc) is 3.33. The summed E-state index contributed by atoms with van der Waals surface area (Å²) < 4.78 is 7.68. The zero-order valence-electron chi connectivity index (χ0n) is 17.0. The Bertz CT molecular complexity index is 1070. The van der Waals surface area contributed by atoms with Crippen molar-refractivity contribution in [3.05, 3.63) is 45.2 Å². The van der Waals surface area contributed by atoms with E-state index in [0.29, 0.717) is 45.3 Å². The fourth-order valence-corrected chi connectivity index (χ4v) is 4.79. The van der Waals surface area contributed by atoms with Crippen LogP contribution < -0.4 is 10.9 Å². The summed E-state index contributed by atoms with van der Waals surface area (Å²) in [7, 11) is 0. The SMILES string of the molecule is CC(C)CN1C(=O)C(=Cc2c(NCC3CCCO3)nc3ccccn3c2=O)SC1=S. The summed E-state index contributed by atoms with van der Waals surface area (Å²) in [5, 5.41) is 3.27. The Morgan fingerprint density at radius 1 is 1.40 bits per heavy atom. The van der Waals surface area contributed by atoms with E-state index in [0.717, 1.165) is 19.4 Å². The first kappa shape index (κ1) is 21.0. The van der Waals surface area contributed by atoms with E-state index < -0.39 is 0 Å². The van der Waals surface area contributed by atoms with Gasteiger partial charge in [0.25, 0.3) is 11.5 Å². The van der Waals surface area contributed by atoms with Crippen LogP contribution in [0.15, 0.2) is 34.1 Å². The van der Waals surface area contributed by atoms with Crippen LogP contribution in [0.1, 0.15) is 32.3 Å². The second-order valence-corrected chi connectivity index (χ2v) is 9.49. The van der Waals surface area contributed by atoms with Gasteiger partial charge < -0.3 is 10.1 Å². The van der Waals surface area contributed by atoms with Crippen LogP contribution >= 0.6 is 24.0 Å². The van der Waals surface area contributed by atoms with Crippen molar-refractivity contribution in [2.24, 2.45) is 5.92 Å². The molecular formula is C21H24N4O3S2. The number of rotatable bonds is 6. The van der Waals surface area contributed by atoms with Gasteiger partial charge in [0.15, 0.2) is 0 Å². The summed E-state index contributed by atoms with van der Waals surface area (Å²) in [6.07, 6.45) is 5.40. The summed E-state index contributed by atoms with van der Waals surface area (Å²) >= 11 is 6.62. The van der Waals surface area contributed by atoms with Gasteiger partial charge >= 0.3 is 0 Å². The third-order valence-corrected chi connectivity index (χ3v) is 6.36. The van der Waals surface area contributed by atoms with Crippen LogP contribution in [0.3, 0.4) is 0 Å². The Balaban J connectivity index is 1.73. The number of pyridine rings is 1. The monoisotopic (exact) mass is 444 g/mol. The summed E-state index contributed by atoms with van der Waals surface area (Å²) in [5.41, 5.74) is 0.660. The highest BCUT2D eigenvalue weighted by Gasteiger charge is 2.33. The van der Waals surface area contributed by atoms with E-state index in [9.17, 15) is 9.59 Å². The molecule has 0 bridgehead atoms. The predicted octanol–water partition coefficient (Wildman–Crippen LogP) is 3.14. The molecule has 4 heterocycles. The van der Waals surface area contributed by atoms with Crippen LogP contribution in [0.4, 0.5) is 5.82 Å². The normalized spacial score (nSPS) is 20.8. The molecule has 0 saturated carbocycles. The van der Waals surface area contributed by atoms with Crippen molar-refractivity contribution in [3.8, 4) is 0 Å². The number of thiocarbonyl (C=S) groups is 1. The molecule has 2 aromatic rings. The first-order valence-corrected chi connectivity index (χ1v) is 11.3. The molecule has 2 fully saturated rings. The summed E-state index contributed by atoms with van der Waals surface area (Å²) in [6.45, 7) is 5.95. The van der Waals surface area contributed by atoms with Gasteiger partial charge in [-0.2, -0.15) is 0 Å². The van der Waals surface area contributed by atoms with Crippen LogP contribution in [0.5, 0.6) is 0 Å². The van der Waals surface area contributed by atoms with Crippen molar-refractivity contribution >= 4 is 51.7 Å². The van der Waals surface area contributed by atoms with Crippen molar-refractivity contribution in [1.82, 2.24) is 14.3 Å². The molecule has 158 valence electrons. The van der Waals surface area contributed by atoms with Gasteiger partial charge in [-0.05, 0) is 37.0 Å². The molecule has 4 rings (SSSR count). The number of carbonyl (C=O) groups excluding carboxylic acids is 1. The van der Waals surface area contributed by atoms with Crippen molar-refractivity contribution < 1.29 is 9.53 Å². The lowest BCUT2D eigenvalue weighted by atomic mass is 10.2. The van der Waals surface area contributed by atoms with Gasteiger partial charge in [-0.1, -0.05) is 43.9 Å². The number of nitrogens with zero attached hydrogens (tertiary/aromatic N) is 3. The summed E-state index contributed by atoms with van der Waals surface area (Å²) in [5.74, 6) is 0.584. The molecule has 2 saturated heterocycles. The lowest BCUT2D eigenvalue weighted by Crippen LogP contribution is -2.31. The number of nitrogens with one attached hydrogen (secondary N) is 1. The van der Waals surface area contributed by atoms with Gasteiger partial charge in [0.2, 0.25) is 0 Å². The number of amides is 1. The third kappa shape index (κ3) is 4.28. The Morgan fingerprint density at radius 3 is 2.97 bits per heavy atom. The van der Waals surface area contributed by atoms with Gasteiger partial charge in [-0.15, -0.1) is 0 Å². The second-order valence-electron chi connectivity index (χ2n) is 7.81. The smallest absolute Gasteiger partial charge is 0.267 e. The zero-order chi connectivity index (χ0) is 21.3. The van der Waals surface area contributed by atoms with E-state index in [1.807, 2.05) is 19.9 Å². The predicted molar refractivity (Wildman–Crippen MR) is 124 cm³/mol. The van der Waals surface area contributed by atoms with E-state index in [1.54, 1.807) is 29.3 Å². The van der Waals surface area contributed by atoms with E-state index in [-0.39, 0.29) is 17.6 Å². The van der Waals surface area contributed by atoms with Crippen LogP contribution in [-0.2, 0) is 9.53 Å². The number of ether oxygens (including phenoxy) is 1. The van der Waals surface area contributed by atoms with Gasteiger partial charge in [0.1, 0.15) is 15.8 Å². The zero-order valence-corrected chi connectivity index (χ0v) is 18.6. The molecule has 0 aliphatic carbocycles. The van der Waals surface area contributed by atoms with Crippen LogP contribution in [0.25, 0.3) is 11.7 Å². The topological polar surface area (TPSA) is 75.9 Å². The fraction of sp³-hybridized carbons (Fsp3) is 0.429. The van der Waals surface area contributed by atoms with Crippen molar-refractivity contribution in [2.45, 2.75) is 32.8 Å². The average molecular weight is 445 g/mol. The third-order valence-electron chi connectivity index (χ3n) is 4.99. The van der Waals surface area contributed by atoms with Crippen LogP contribution in [0.2, 0.25) is 0 Å². The first-order valence-electron chi connectivity index (χ1n) is 10.1. The molecule has 2 aliphatic heterocycles. The molecule has 1 unspecified atom stereocenters. The number of anilines is 1. The maximum absolute atomic E-state index is 13.2. The lowest BCUT2D eigenvalue weighted by Gasteiger charge is -2.16. The second kappa shape index (κ2) is 8.87. The minimum Gasteiger partial charge on any atom is -0.376 e. The van der Waals surface area contributed by atoms with Gasteiger partial charge in [-0.25, -0.2) is 4.98 Å². The maximum Gasteiger partial charge on any atom is 0.267 e. The molecule has 2 aliphatic rings. The van der Waals surface area contributed by atoms with E-state index in [2.05, 4.69) is 10.3 Å². The van der Waals surface area contributed by atoms with Gasteiger partial charge in [0, 0.05) is 25.9 Å². The minimum absolute atomic E-state index is 0.0955. The highest BCUT2D eigenvalue weighted by Crippen LogP contribution is 2.33. The Hall–Kier alpha value is -2.23. The number of thioether (sulfide) groups is 1. The van der Waals surface area contributed by atoms with E-state index >= 15 is 0 Å². The highest BCUT2D eigenvalue weighted by atomic mass is 32.2. The standard InChI is InChI=1S/C21H24N4O3S2/c1-13(2)12-25-20(27)16(30-21(25)29)10-15-18(22-11-14-6-5-9-28-14)23-17-7-3-4-8-24(17)19(15)26/h3-4,7-8,10,13-14,22H,5-6,9,11-12H2,1-2H3. The molecule has 1 N–H and O–H groups in total. The van der Waals surface area contributed by atoms with Crippen molar-refractivity contribution in [2.75, 3.05) is 25.0 Å². The highest BCUT2D eigenvalue weighted by molar-refractivity contribution is 8.26. The molecule has 1 atom stereocenters. The maximum atomic E-state index is 13.2. The number of hydrogen-bond acceptors (Lipinski definition) is 7. The quantitative estimate of drug-likeness (QED) is 0.542. The molecular weight excluding hydrogens is 420 g/mol. The largest absolute Gasteiger partial charge is 0.376 e. The van der Waals surface area contributed by atoms with Gasteiger partial charge in [-0.3, -0.25) is 18.9 Å².